The molecule has 1 unspecified atom stereocenters. The molecule has 5 heteroatoms. The van der Waals surface area contributed by atoms with E-state index in [0.29, 0.717) is 18.9 Å². The number of carbonyl (C=O) groups is 2. The number of hydrogen-bond acceptors (Lipinski definition) is 2. The fourth-order valence-electron chi connectivity index (χ4n) is 1.23. The van der Waals surface area contributed by atoms with Crippen molar-refractivity contribution in [2.75, 3.05) is 13.6 Å². The van der Waals surface area contributed by atoms with Crippen LogP contribution in [0.3, 0.4) is 0 Å². The van der Waals surface area contributed by atoms with Gasteiger partial charge in [0.05, 0.1) is 0 Å². The molecule has 0 aliphatic heterocycles. The molecule has 0 saturated carbocycles. The average molecular weight is 216 g/mol. The number of nitrogens with one attached hydrogen (secondary N) is 1. The molecule has 88 valence electrons. The molecular formula is C10H20N2O3. The molecule has 5 nitrogen and oxygen atoms in total. The third kappa shape index (κ3) is 5.24. The van der Waals surface area contributed by atoms with Gasteiger partial charge in [-0.05, 0) is 12.3 Å². The van der Waals surface area contributed by atoms with E-state index in [1.165, 1.54) is 4.90 Å². The van der Waals surface area contributed by atoms with E-state index in [1.807, 2.05) is 13.8 Å². The summed E-state index contributed by atoms with van der Waals surface area (Å²) in [6.45, 7) is 6.33. The van der Waals surface area contributed by atoms with Crippen LogP contribution in [-0.4, -0.2) is 41.6 Å². The maximum absolute atomic E-state index is 11.5. The van der Waals surface area contributed by atoms with Gasteiger partial charge in [-0.15, -0.1) is 0 Å². The van der Waals surface area contributed by atoms with Crippen LogP contribution in [0, 0.1) is 5.92 Å². The summed E-state index contributed by atoms with van der Waals surface area (Å²) in [5.41, 5.74) is 0. The predicted octanol–water partition coefficient (Wildman–Crippen LogP) is 1.15. The Morgan fingerprint density at radius 2 is 1.93 bits per heavy atom. The van der Waals surface area contributed by atoms with Crippen molar-refractivity contribution in [2.24, 2.45) is 5.92 Å². The van der Waals surface area contributed by atoms with Crippen LogP contribution in [0.1, 0.15) is 27.2 Å². The summed E-state index contributed by atoms with van der Waals surface area (Å²) in [4.78, 5) is 23.7. The third-order valence-electron chi connectivity index (χ3n) is 1.99. The number of amides is 2. The van der Waals surface area contributed by atoms with Gasteiger partial charge < -0.3 is 15.3 Å². The molecule has 2 N–H and O–H groups in total. The summed E-state index contributed by atoms with van der Waals surface area (Å²) in [5.74, 6) is -0.630. The highest BCUT2D eigenvalue weighted by atomic mass is 16.4. The van der Waals surface area contributed by atoms with Crippen LogP contribution in [-0.2, 0) is 4.79 Å². The zero-order valence-electron chi connectivity index (χ0n) is 9.78. The van der Waals surface area contributed by atoms with Crippen molar-refractivity contribution in [2.45, 2.75) is 33.2 Å². The van der Waals surface area contributed by atoms with Gasteiger partial charge in [-0.1, -0.05) is 20.8 Å². The predicted molar refractivity (Wildman–Crippen MR) is 57.7 cm³/mol. The number of hydrogen-bond donors (Lipinski definition) is 2. The zero-order chi connectivity index (χ0) is 12.0. The lowest BCUT2D eigenvalue weighted by atomic mass is 10.2. The molecule has 0 aromatic carbocycles. The first-order valence-corrected chi connectivity index (χ1v) is 5.12. The largest absolute Gasteiger partial charge is 0.480 e. The van der Waals surface area contributed by atoms with Gasteiger partial charge in [0, 0.05) is 13.6 Å². The Morgan fingerprint density at radius 1 is 1.40 bits per heavy atom. The van der Waals surface area contributed by atoms with Gasteiger partial charge in [-0.2, -0.15) is 0 Å². The van der Waals surface area contributed by atoms with E-state index in [4.69, 9.17) is 5.11 Å². The third-order valence-corrected chi connectivity index (χ3v) is 1.99. The van der Waals surface area contributed by atoms with E-state index in [9.17, 15) is 9.59 Å². The Bertz CT molecular complexity index is 229. The van der Waals surface area contributed by atoms with Crippen LogP contribution >= 0.6 is 0 Å². The molecule has 0 bridgehead atoms. The highest BCUT2D eigenvalue weighted by Gasteiger charge is 2.19. The first kappa shape index (κ1) is 13.7. The van der Waals surface area contributed by atoms with E-state index in [-0.39, 0.29) is 6.03 Å². The van der Waals surface area contributed by atoms with Gasteiger partial charge in [0.1, 0.15) is 6.04 Å². The number of rotatable bonds is 5. The summed E-state index contributed by atoms with van der Waals surface area (Å²) < 4.78 is 0. The van der Waals surface area contributed by atoms with E-state index in [1.54, 1.807) is 14.0 Å². The van der Waals surface area contributed by atoms with Crippen LogP contribution in [0.15, 0.2) is 0 Å². The fraction of sp³-hybridized carbons (Fsp3) is 0.800. The molecule has 1 atom stereocenters. The zero-order valence-corrected chi connectivity index (χ0v) is 9.78. The van der Waals surface area contributed by atoms with E-state index in [0.717, 1.165) is 0 Å². The lowest BCUT2D eigenvalue weighted by Gasteiger charge is -2.22. The van der Waals surface area contributed by atoms with Crippen LogP contribution in [0.25, 0.3) is 0 Å². The Kier molecular flexibility index (Phi) is 5.74. The number of aliphatic carboxylic acids is 1. The number of carbonyl (C=O) groups excluding carboxylic acids is 1. The van der Waals surface area contributed by atoms with Crippen molar-refractivity contribution in [3.8, 4) is 0 Å². The monoisotopic (exact) mass is 216 g/mol. The Balaban J connectivity index is 4.16. The van der Waals surface area contributed by atoms with Gasteiger partial charge >= 0.3 is 12.0 Å². The molecule has 0 radical (unpaired) electrons. The molecular weight excluding hydrogens is 196 g/mol. The molecule has 0 aromatic heterocycles. The van der Waals surface area contributed by atoms with Crippen molar-refractivity contribution >= 4 is 12.0 Å². The van der Waals surface area contributed by atoms with E-state index >= 15 is 0 Å². The summed E-state index contributed by atoms with van der Waals surface area (Å²) in [6, 6.07) is -1.13. The van der Waals surface area contributed by atoms with E-state index < -0.39 is 12.0 Å². The van der Waals surface area contributed by atoms with Crippen LogP contribution in [0.2, 0.25) is 0 Å². The highest BCUT2D eigenvalue weighted by molar-refractivity contribution is 5.82. The van der Waals surface area contributed by atoms with E-state index in [2.05, 4.69) is 5.32 Å². The minimum absolute atomic E-state index is 0.335. The minimum Gasteiger partial charge on any atom is -0.480 e. The van der Waals surface area contributed by atoms with Crippen molar-refractivity contribution in [3.05, 3.63) is 0 Å². The van der Waals surface area contributed by atoms with Crippen molar-refractivity contribution in [1.29, 1.82) is 0 Å². The van der Waals surface area contributed by atoms with Crippen LogP contribution in [0.4, 0.5) is 4.79 Å². The number of nitrogens with zero attached hydrogens (tertiary/aromatic N) is 1. The van der Waals surface area contributed by atoms with Gasteiger partial charge in [-0.25, -0.2) is 9.59 Å². The maximum atomic E-state index is 11.5. The standard InChI is InChI=1S/C10H20N2O3/c1-5-8(9(13)14)11-10(15)12(4)6-7(2)3/h7-8H,5-6H2,1-4H3,(H,11,15)(H,13,14). The molecule has 0 heterocycles. The lowest BCUT2D eigenvalue weighted by molar-refractivity contribution is -0.139. The van der Waals surface area contributed by atoms with Crippen LogP contribution < -0.4 is 5.32 Å². The van der Waals surface area contributed by atoms with Gasteiger partial charge in [0.2, 0.25) is 0 Å². The Morgan fingerprint density at radius 3 is 2.27 bits per heavy atom. The van der Waals surface area contributed by atoms with Gasteiger partial charge in [-0.3, -0.25) is 0 Å². The minimum atomic E-state index is -0.996. The first-order valence-electron chi connectivity index (χ1n) is 5.12. The summed E-state index contributed by atoms with van der Waals surface area (Å²) in [7, 11) is 1.66. The molecule has 15 heavy (non-hydrogen) atoms. The molecule has 0 aliphatic carbocycles. The first-order chi connectivity index (χ1) is 6.88. The van der Waals surface area contributed by atoms with Crippen molar-refractivity contribution < 1.29 is 14.7 Å². The number of urea groups is 1. The Labute approximate surface area is 90.5 Å². The Hall–Kier alpha value is -1.26. The summed E-state index contributed by atoms with van der Waals surface area (Å²) in [6.07, 6.45) is 0.386. The molecule has 0 spiro atoms. The van der Waals surface area contributed by atoms with Crippen LogP contribution in [0.5, 0.6) is 0 Å². The number of carboxylic acids is 1. The smallest absolute Gasteiger partial charge is 0.326 e. The van der Waals surface area contributed by atoms with Gasteiger partial charge in [0.25, 0.3) is 0 Å². The maximum Gasteiger partial charge on any atom is 0.326 e. The second-order valence-corrected chi connectivity index (χ2v) is 4.02. The summed E-state index contributed by atoms with van der Waals surface area (Å²) >= 11 is 0. The second kappa shape index (κ2) is 6.27. The molecule has 0 rings (SSSR count). The molecule has 2 amide bonds. The topological polar surface area (TPSA) is 69.6 Å². The molecule has 0 fully saturated rings. The number of carboxylic acid groups (broad SMARTS) is 1. The van der Waals surface area contributed by atoms with Crippen molar-refractivity contribution in [3.63, 3.8) is 0 Å². The quantitative estimate of drug-likeness (QED) is 0.724. The molecule has 0 aliphatic rings. The molecule has 0 aromatic rings. The normalized spacial score (nSPS) is 12.3. The fourth-order valence-corrected chi connectivity index (χ4v) is 1.23. The van der Waals surface area contributed by atoms with Gasteiger partial charge in [0.15, 0.2) is 0 Å². The highest BCUT2D eigenvalue weighted by Crippen LogP contribution is 1.98. The van der Waals surface area contributed by atoms with Crippen molar-refractivity contribution in [1.82, 2.24) is 10.2 Å². The molecule has 0 saturated heterocycles. The SMILES string of the molecule is CCC(NC(=O)N(C)CC(C)C)C(=O)O. The summed E-state index contributed by atoms with van der Waals surface area (Å²) in [5, 5.41) is 11.2. The lowest BCUT2D eigenvalue weighted by Crippen LogP contribution is -2.47. The second-order valence-electron chi connectivity index (χ2n) is 4.02. The average Bonchev–Trinajstić information content (AvgIpc) is 2.11.